The lowest BCUT2D eigenvalue weighted by atomic mass is 10.00. The number of aromatic nitrogens is 4. The number of carbonyl (C=O) groups is 1. The van der Waals surface area contributed by atoms with Crippen LogP contribution < -0.4 is 5.32 Å². The highest BCUT2D eigenvalue weighted by Gasteiger charge is 2.37. The van der Waals surface area contributed by atoms with E-state index in [0.717, 1.165) is 0 Å². The van der Waals surface area contributed by atoms with Crippen LogP contribution in [0.5, 0.6) is 0 Å². The van der Waals surface area contributed by atoms with Crippen molar-refractivity contribution >= 4 is 11.7 Å². The van der Waals surface area contributed by atoms with Gasteiger partial charge in [0, 0.05) is 5.56 Å². The second kappa shape index (κ2) is 6.10. The topological polar surface area (TPSA) is 81.9 Å². The second-order valence-corrected chi connectivity index (χ2v) is 6.24. The summed E-state index contributed by atoms with van der Waals surface area (Å²) in [5.74, 6) is 0.920. The number of hydrogen-bond donors (Lipinski definition) is 1. The van der Waals surface area contributed by atoms with E-state index in [-0.39, 0.29) is 11.4 Å². The Morgan fingerprint density at radius 2 is 1.96 bits per heavy atom. The summed E-state index contributed by atoms with van der Waals surface area (Å²) in [5, 5.41) is 11.0. The van der Waals surface area contributed by atoms with Crippen molar-refractivity contribution in [3.63, 3.8) is 0 Å². The first-order valence-electron chi connectivity index (χ1n) is 7.98. The van der Waals surface area contributed by atoms with Gasteiger partial charge in [-0.2, -0.15) is 0 Å². The average Bonchev–Trinajstić information content (AvgIpc) is 3.11. The monoisotopic (exact) mass is 335 g/mol. The molecule has 0 atom stereocenters. The molecule has 0 aliphatic carbocycles. The Kier molecular flexibility index (Phi) is 3.77. The number of pyridine rings is 1. The maximum Gasteiger partial charge on any atom is 0.256 e. The molecule has 0 unspecified atom stereocenters. The van der Waals surface area contributed by atoms with Crippen molar-refractivity contribution in [1.82, 2.24) is 19.7 Å². The van der Waals surface area contributed by atoms with Crippen LogP contribution in [-0.2, 0) is 10.3 Å². The van der Waals surface area contributed by atoms with Crippen molar-refractivity contribution in [2.24, 2.45) is 0 Å². The first kappa shape index (κ1) is 15.5. The molecule has 1 aliphatic rings. The number of amides is 1. The molecular formula is C18H17N5O2. The van der Waals surface area contributed by atoms with Crippen LogP contribution >= 0.6 is 0 Å². The highest BCUT2D eigenvalue weighted by atomic mass is 16.5. The molecule has 4 rings (SSSR count). The number of rotatable bonds is 4. The summed E-state index contributed by atoms with van der Waals surface area (Å²) in [5.41, 5.74) is 1.07. The first-order valence-corrected chi connectivity index (χ1v) is 7.98. The molecule has 1 N–H and O–H groups in total. The van der Waals surface area contributed by atoms with E-state index in [2.05, 4.69) is 27.4 Å². The van der Waals surface area contributed by atoms with E-state index in [9.17, 15) is 4.79 Å². The third-order valence-electron chi connectivity index (χ3n) is 4.21. The number of hydrogen-bond acceptors (Lipinski definition) is 5. The minimum Gasteiger partial charge on any atom is -0.376 e. The fourth-order valence-corrected chi connectivity index (χ4v) is 2.75. The van der Waals surface area contributed by atoms with Gasteiger partial charge >= 0.3 is 0 Å². The minimum atomic E-state index is -0.203. The molecule has 1 aliphatic heterocycles. The minimum absolute atomic E-state index is 0.163. The zero-order valence-corrected chi connectivity index (χ0v) is 13.7. The zero-order chi connectivity index (χ0) is 17.3. The molecule has 0 radical (unpaired) electrons. The predicted octanol–water partition coefficient (Wildman–Crippen LogP) is 2.34. The SMILES string of the molecule is CC1(n2cnnc2-c2cccc(NC(=O)c3ccccc3)n2)COC1. The lowest BCUT2D eigenvalue weighted by Gasteiger charge is -2.39. The molecular weight excluding hydrogens is 318 g/mol. The highest BCUT2D eigenvalue weighted by molar-refractivity contribution is 6.03. The van der Waals surface area contributed by atoms with E-state index in [1.54, 1.807) is 24.5 Å². The van der Waals surface area contributed by atoms with E-state index >= 15 is 0 Å². The van der Waals surface area contributed by atoms with Gasteiger partial charge in [0.2, 0.25) is 0 Å². The summed E-state index contributed by atoms with van der Waals surface area (Å²) >= 11 is 0. The summed E-state index contributed by atoms with van der Waals surface area (Å²) in [4.78, 5) is 16.8. The normalized spacial score (nSPS) is 15.4. The van der Waals surface area contributed by atoms with Gasteiger partial charge in [-0.25, -0.2) is 4.98 Å². The molecule has 3 aromatic rings. The Bertz CT molecular complexity index is 903. The zero-order valence-electron chi connectivity index (χ0n) is 13.7. The Labute approximate surface area is 144 Å². The van der Waals surface area contributed by atoms with Crippen LogP contribution in [-0.4, -0.2) is 38.9 Å². The van der Waals surface area contributed by atoms with E-state index in [0.29, 0.717) is 36.1 Å². The smallest absolute Gasteiger partial charge is 0.256 e. The second-order valence-electron chi connectivity index (χ2n) is 6.24. The molecule has 126 valence electrons. The summed E-state index contributed by atoms with van der Waals surface area (Å²) < 4.78 is 7.30. The van der Waals surface area contributed by atoms with Gasteiger partial charge < -0.3 is 14.6 Å². The Morgan fingerprint density at radius 3 is 2.68 bits per heavy atom. The first-order chi connectivity index (χ1) is 12.2. The number of ether oxygens (including phenoxy) is 1. The standard InChI is InChI=1S/C18H17N5O2/c1-18(10-25-11-18)23-12-19-22-16(23)14-8-5-9-15(20-14)21-17(24)13-6-3-2-4-7-13/h2-9,12H,10-11H2,1H3,(H,20,21,24). The van der Waals surface area contributed by atoms with Gasteiger partial charge in [-0.1, -0.05) is 24.3 Å². The summed E-state index contributed by atoms with van der Waals surface area (Å²) in [6.45, 7) is 3.31. The maximum absolute atomic E-state index is 12.3. The van der Waals surface area contributed by atoms with Crippen molar-refractivity contribution in [2.75, 3.05) is 18.5 Å². The van der Waals surface area contributed by atoms with Gasteiger partial charge in [-0.15, -0.1) is 10.2 Å². The van der Waals surface area contributed by atoms with Crippen LogP contribution in [0.1, 0.15) is 17.3 Å². The lowest BCUT2D eigenvalue weighted by Crippen LogP contribution is -2.49. The van der Waals surface area contributed by atoms with Crippen molar-refractivity contribution in [3.8, 4) is 11.5 Å². The van der Waals surface area contributed by atoms with Crippen LogP contribution in [0.2, 0.25) is 0 Å². The molecule has 0 saturated carbocycles. The Hall–Kier alpha value is -3.06. The van der Waals surface area contributed by atoms with Gasteiger partial charge in [0.05, 0.1) is 18.8 Å². The van der Waals surface area contributed by atoms with E-state index in [4.69, 9.17) is 4.74 Å². The third kappa shape index (κ3) is 2.89. The van der Waals surface area contributed by atoms with Crippen LogP contribution in [0.25, 0.3) is 11.5 Å². The Balaban J connectivity index is 1.61. The van der Waals surface area contributed by atoms with Crippen molar-refractivity contribution in [3.05, 3.63) is 60.4 Å². The summed E-state index contributed by atoms with van der Waals surface area (Å²) in [6.07, 6.45) is 1.69. The van der Waals surface area contributed by atoms with Crippen LogP contribution in [0, 0.1) is 0 Å². The predicted molar refractivity (Wildman–Crippen MR) is 92.1 cm³/mol. The molecule has 1 saturated heterocycles. The van der Waals surface area contributed by atoms with Gasteiger partial charge in [0.25, 0.3) is 5.91 Å². The van der Waals surface area contributed by atoms with Gasteiger partial charge in [-0.05, 0) is 31.2 Å². The molecule has 1 amide bonds. The number of anilines is 1. The fourth-order valence-electron chi connectivity index (χ4n) is 2.75. The number of nitrogens with zero attached hydrogens (tertiary/aromatic N) is 4. The van der Waals surface area contributed by atoms with Gasteiger partial charge in [0.15, 0.2) is 5.82 Å². The van der Waals surface area contributed by atoms with Crippen molar-refractivity contribution in [2.45, 2.75) is 12.5 Å². The molecule has 1 fully saturated rings. The molecule has 3 heterocycles. The highest BCUT2D eigenvalue weighted by Crippen LogP contribution is 2.29. The Morgan fingerprint density at radius 1 is 1.16 bits per heavy atom. The van der Waals surface area contributed by atoms with Gasteiger partial charge in [-0.3, -0.25) is 4.79 Å². The molecule has 0 spiro atoms. The largest absolute Gasteiger partial charge is 0.376 e. The van der Waals surface area contributed by atoms with E-state index in [1.165, 1.54) is 0 Å². The van der Waals surface area contributed by atoms with Crippen LogP contribution in [0.4, 0.5) is 5.82 Å². The van der Waals surface area contributed by atoms with E-state index < -0.39 is 0 Å². The van der Waals surface area contributed by atoms with Gasteiger partial charge in [0.1, 0.15) is 17.8 Å². The molecule has 0 bridgehead atoms. The molecule has 1 aromatic carbocycles. The van der Waals surface area contributed by atoms with E-state index in [1.807, 2.05) is 34.9 Å². The average molecular weight is 335 g/mol. The molecule has 25 heavy (non-hydrogen) atoms. The number of carbonyl (C=O) groups excluding carboxylic acids is 1. The maximum atomic E-state index is 12.3. The lowest BCUT2D eigenvalue weighted by molar-refractivity contribution is -0.0890. The third-order valence-corrected chi connectivity index (χ3v) is 4.21. The van der Waals surface area contributed by atoms with Crippen molar-refractivity contribution in [1.29, 1.82) is 0 Å². The van der Waals surface area contributed by atoms with Crippen molar-refractivity contribution < 1.29 is 9.53 Å². The molecule has 7 heteroatoms. The molecule has 2 aromatic heterocycles. The van der Waals surface area contributed by atoms with Crippen LogP contribution in [0.3, 0.4) is 0 Å². The number of nitrogens with one attached hydrogen (secondary N) is 1. The quantitative estimate of drug-likeness (QED) is 0.791. The summed E-state index contributed by atoms with van der Waals surface area (Å²) in [7, 11) is 0. The van der Waals surface area contributed by atoms with Crippen LogP contribution in [0.15, 0.2) is 54.9 Å². The fraction of sp³-hybridized carbons (Fsp3) is 0.222. The number of benzene rings is 1. The summed E-state index contributed by atoms with van der Waals surface area (Å²) in [6, 6.07) is 14.5. The molecule has 7 nitrogen and oxygen atoms in total.